The molecule has 0 unspecified atom stereocenters. The van der Waals surface area contributed by atoms with Crippen LogP contribution in [0.15, 0.2) is 23.3 Å². The second-order valence-corrected chi connectivity index (χ2v) is 3.08. The summed E-state index contributed by atoms with van der Waals surface area (Å²) in [5.41, 5.74) is 2.88. The monoisotopic (exact) mass is 152 g/mol. The molecular weight excluding hydrogens is 132 g/mol. The summed E-state index contributed by atoms with van der Waals surface area (Å²) in [7, 11) is 0. The Bertz CT molecular complexity index is 149. The van der Waals surface area contributed by atoms with Crippen LogP contribution < -0.4 is 0 Å². The van der Waals surface area contributed by atoms with E-state index in [2.05, 4.69) is 39.8 Å². The van der Waals surface area contributed by atoms with Gasteiger partial charge in [0.25, 0.3) is 0 Å². The van der Waals surface area contributed by atoms with Gasteiger partial charge < -0.3 is 0 Å². The lowest BCUT2D eigenvalue weighted by molar-refractivity contribution is 0.951. The molecule has 0 bridgehead atoms. The van der Waals surface area contributed by atoms with Crippen molar-refractivity contribution < 1.29 is 0 Å². The first kappa shape index (κ1) is 10.5. The third kappa shape index (κ3) is 5.90. The van der Waals surface area contributed by atoms with E-state index in [0.717, 1.165) is 6.42 Å². The van der Waals surface area contributed by atoms with Gasteiger partial charge in [0.2, 0.25) is 0 Å². The second-order valence-electron chi connectivity index (χ2n) is 3.08. The third-order valence-corrected chi connectivity index (χ3v) is 1.79. The first-order chi connectivity index (χ1) is 5.20. The normalized spacial score (nSPS) is 13.8. The average Bonchev–Trinajstić information content (AvgIpc) is 2.00. The van der Waals surface area contributed by atoms with Gasteiger partial charge in [0.1, 0.15) is 0 Å². The van der Waals surface area contributed by atoms with Crippen molar-refractivity contribution in [1.82, 2.24) is 0 Å². The summed E-state index contributed by atoms with van der Waals surface area (Å²) >= 11 is 0. The van der Waals surface area contributed by atoms with Gasteiger partial charge in [-0.15, -0.1) is 0 Å². The highest BCUT2D eigenvalue weighted by Crippen LogP contribution is 2.06. The molecule has 0 saturated heterocycles. The Morgan fingerprint density at radius 2 is 1.82 bits per heavy atom. The van der Waals surface area contributed by atoms with Crippen LogP contribution in [0.2, 0.25) is 0 Å². The summed E-state index contributed by atoms with van der Waals surface area (Å²) < 4.78 is 0. The molecule has 11 heavy (non-hydrogen) atoms. The highest BCUT2D eigenvalue weighted by molar-refractivity contribution is 5.20. The van der Waals surface area contributed by atoms with Crippen molar-refractivity contribution >= 4 is 0 Å². The van der Waals surface area contributed by atoms with Gasteiger partial charge in [-0.1, -0.05) is 43.6 Å². The van der Waals surface area contributed by atoms with Crippen molar-refractivity contribution in [2.75, 3.05) is 0 Å². The second kappa shape index (κ2) is 6.21. The van der Waals surface area contributed by atoms with Crippen LogP contribution in [0.1, 0.15) is 47.0 Å². The summed E-state index contributed by atoms with van der Waals surface area (Å²) in [5.74, 6) is 0. The Hall–Kier alpha value is -0.520. The Balaban J connectivity index is 3.93. The van der Waals surface area contributed by atoms with Crippen LogP contribution in [0.3, 0.4) is 0 Å². The molecule has 0 atom stereocenters. The van der Waals surface area contributed by atoms with Gasteiger partial charge >= 0.3 is 0 Å². The minimum atomic E-state index is 1.16. The predicted octanol–water partition coefficient (Wildman–Crippen LogP) is 4.09. The molecule has 0 radical (unpaired) electrons. The molecule has 0 N–H and O–H groups in total. The van der Waals surface area contributed by atoms with Gasteiger partial charge in [0.15, 0.2) is 0 Å². The van der Waals surface area contributed by atoms with Crippen molar-refractivity contribution in [3.63, 3.8) is 0 Å². The van der Waals surface area contributed by atoms with Gasteiger partial charge in [0, 0.05) is 0 Å². The van der Waals surface area contributed by atoms with Gasteiger partial charge in [-0.3, -0.25) is 0 Å². The lowest BCUT2D eigenvalue weighted by Crippen LogP contribution is -1.75. The van der Waals surface area contributed by atoms with Crippen molar-refractivity contribution in [3.8, 4) is 0 Å². The van der Waals surface area contributed by atoms with Crippen molar-refractivity contribution in [2.45, 2.75) is 47.0 Å². The molecule has 0 aliphatic rings. The molecule has 0 heteroatoms. The maximum absolute atomic E-state index is 2.30. The van der Waals surface area contributed by atoms with Crippen LogP contribution in [-0.2, 0) is 0 Å². The lowest BCUT2D eigenvalue weighted by atomic mass is 10.1. The van der Waals surface area contributed by atoms with E-state index >= 15 is 0 Å². The fourth-order valence-electron chi connectivity index (χ4n) is 0.922. The molecule has 0 rings (SSSR count). The topological polar surface area (TPSA) is 0 Å². The molecule has 0 aromatic carbocycles. The number of rotatable bonds is 4. The molecule has 0 amide bonds. The average molecular weight is 152 g/mol. The van der Waals surface area contributed by atoms with Gasteiger partial charge in [-0.05, 0) is 26.7 Å². The summed E-state index contributed by atoms with van der Waals surface area (Å²) in [6.07, 6.45) is 8.20. The molecule has 0 aliphatic carbocycles. The molecule has 0 saturated carbocycles. The zero-order valence-corrected chi connectivity index (χ0v) is 8.28. The van der Waals surface area contributed by atoms with E-state index in [1.54, 1.807) is 0 Å². The minimum absolute atomic E-state index is 1.16. The fourth-order valence-corrected chi connectivity index (χ4v) is 0.922. The molecule has 0 fully saturated rings. The van der Waals surface area contributed by atoms with Crippen molar-refractivity contribution in [3.05, 3.63) is 23.3 Å². The van der Waals surface area contributed by atoms with E-state index in [1.807, 2.05) is 0 Å². The first-order valence-corrected chi connectivity index (χ1v) is 4.54. The number of hydrogen-bond acceptors (Lipinski definition) is 0. The van der Waals surface area contributed by atoms with Crippen LogP contribution >= 0.6 is 0 Å². The Labute approximate surface area is 71.0 Å². The molecule has 0 aromatic rings. The minimum Gasteiger partial charge on any atom is -0.0816 e. The van der Waals surface area contributed by atoms with Crippen LogP contribution in [0.5, 0.6) is 0 Å². The van der Waals surface area contributed by atoms with Crippen LogP contribution in [0, 0.1) is 0 Å². The van der Waals surface area contributed by atoms with Crippen LogP contribution in [0.4, 0.5) is 0 Å². The van der Waals surface area contributed by atoms with Crippen molar-refractivity contribution in [1.29, 1.82) is 0 Å². The fraction of sp³-hybridized carbons (Fsp3) is 0.636. The number of allylic oxidation sites excluding steroid dienone is 4. The van der Waals surface area contributed by atoms with E-state index in [1.165, 1.54) is 24.0 Å². The van der Waals surface area contributed by atoms with E-state index in [9.17, 15) is 0 Å². The molecule has 0 spiro atoms. The number of hydrogen-bond donors (Lipinski definition) is 0. The van der Waals surface area contributed by atoms with Crippen LogP contribution in [0.25, 0.3) is 0 Å². The Morgan fingerprint density at radius 1 is 1.18 bits per heavy atom. The molecule has 0 aliphatic heterocycles. The highest BCUT2D eigenvalue weighted by atomic mass is 13.9. The lowest BCUT2D eigenvalue weighted by Gasteiger charge is -1.95. The summed E-state index contributed by atoms with van der Waals surface area (Å²) in [6.45, 7) is 8.76. The Morgan fingerprint density at radius 3 is 2.27 bits per heavy atom. The molecule has 0 heterocycles. The van der Waals surface area contributed by atoms with Gasteiger partial charge in [-0.25, -0.2) is 0 Å². The molecule has 64 valence electrons. The van der Waals surface area contributed by atoms with E-state index in [4.69, 9.17) is 0 Å². The highest BCUT2D eigenvalue weighted by Gasteiger charge is 1.85. The Kier molecular flexibility index (Phi) is 5.91. The van der Waals surface area contributed by atoms with Gasteiger partial charge in [-0.2, -0.15) is 0 Å². The third-order valence-electron chi connectivity index (χ3n) is 1.79. The largest absolute Gasteiger partial charge is 0.0816 e. The predicted molar refractivity (Wildman–Crippen MR) is 52.7 cm³/mol. The maximum atomic E-state index is 2.30. The van der Waals surface area contributed by atoms with E-state index in [-0.39, 0.29) is 0 Å². The van der Waals surface area contributed by atoms with Crippen molar-refractivity contribution in [2.24, 2.45) is 0 Å². The summed E-state index contributed by atoms with van der Waals surface area (Å²) in [5, 5.41) is 0. The zero-order chi connectivity index (χ0) is 8.69. The summed E-state index contributed by atoms with van der Waals surface area (Å²) in [4.78, 5) is 0. The SMILES string of the molecule is CCC/C=C(C)/C=C(\C)CC. The van der Waals surface area contributed by atoms with Gasteiger partial charge in [0.05, 0.1) is 0 Å². The number of unbranched alkanes of at least 4 members (excludes halogenated alkanes) is 1. The maximum Gasteiger partial charge on any atom is -0.0348 e. The standard InChI is InChI=1S/C11H20/c1-5-7-8-11(4)9-10(3)6-2/h8-9H,5-7H2,1-4H3/b10-9+,11-8+. The molecular formula is C11H20. The van der Waals surface area contributed by atoms with E-state index in [0.29, 0.717) is 0 Å². The smallest absolute Gasteiger partial charge is 0.0348 e. The molecule has 0 aromatic heterocycles. The molecule has 0 nitrogen and oxygen atoms in total. The zero-order valence-electron chi connectivity index (χ0n) is 8.28. The summed E-state index contributed by atoms with van der Waals surface area (Å²) in [6, 6.07) is 0. The van der Waals surface area contributed by atoms with Crippen LogP contribution in [-0.4, -0.2) is 0 Å². The first-order valence-electron chi connectivity index (χ1n) is 4.54. The van der Waals surface area contributed by atoms with E-state index < -0.39 is 0 Å². The quantitative estimate of drug-likeness (QED) is 0.532.